The Morgan fingerprint density at radius 2 is 2.03 bits per heavy atom. The lowest BCUT2D eigenvalue weighted by molar-refractivity contribution is 0.0657. The van der Waals surface area contributed by atoms with E-state index >= 15 is 0 Å². The molecule has 0 radical (unpaired) electrons. The lowest BCUT2D eigenvalue weighted by Crippen LogP contribution is -2.23. The maximum Gasteiger partial charge on any atom is 0.371 e. The maximum absolute atomic E-state index is 11.1. The smallest absolute Gasteiger partial charge is 0.371 e. The lowest BCUT2D eigenvalue weighted by Gasteiger charge is -2.20. The van der Waals surface area contributed by atoms with Gasteiger partial charge in [-0.3, -0.25) is 0 Å². The summed E-state index contributed by atoms with van der Waals surface area (Å²) >= 11 is 0. The number of aromatic amines is 1. The van der Waals surface area contributed by atoms with Crippen LogP contribution in [0.4, 0.5) is 0 Å². The van der Waals surface area contributed by atoms with Gasteiger partial charge in [0.2, 0.25) is 5.76 Å². The third-order valence-corrected chi connectivity index (χ3v) is 6.16. The molecule has 0 saturated heterocycles. The molecule has 0 saturated carbocycles. The standard InChI is InChI=1S/C26H25NO6/c1-30-19-9-7-15(14-22(19)31-2)13-16-8-10-20(32-23-12-11-21(33-23)26(28)29)25-24(16)17-5-3-4-6-18(17)27-25/h6-12,14,16,27H,3-5,13H2,1-2H3,(H,28,29). The zero-order chi connectivity index (χ0) is 22.9. The van der Waals surface area contributed by atoms with Gasteiger partial charge in [-0.1, -0.05) is 18.2 Å². The van der Waals surface area contributed by atoms with E-state index in [1.165, 1.54) is 23.3 Å². The van der Waals surface area contributed by atoms with Gasteiger partial charge in [-0.2, -0.15) is 0 Å². The number of allylic oxidation sites excluding steroid dienone is 1. The number of aromatic carboxylic acids is 1. The number of carbonyl (C=O) groups is 1. The van der Waals surface area contributed by atoms with E-state index in [4.69, 9.17) is 23.7 Å². The molecule has 0 bridgehead atoms. The number of fused-ring (bicyclic) bond motifs is 3. The van der Waals surface area contributed by atoms with Crippen molar-refractivity contribution in [3.05, 3.63) is 75.6 Å². The van der Waals surface area contributed by atoms with Crippen molar-refractivity contribution in [3.63, 3.8) is 0 Å². The number of benzene rings is 1. The van der Waals surface area contributed by atoms with E-state index in [9.17, 15) is 4.79 Å². The van der Waals surface area contributed by atoms with Crippen molar-refractivity contribution in [2.45, 2.75) is 31.6 Å². The summed E-state index contributed by atoms with van der Waals surface area (Å²) in [5, 5.41) is 11.2. The first-order valence-electron chi connectivity index (χ1n) is 10.9. The van der Waals surface area contributed by atoms with E-state index in [1.54, 1.807) is 14.2 Å². The Labute approximate surface area is 190 Å². The number of carboxylic acid groups (broad SMARTS) is 1. The number of hydrogen-bond acceptors (Lipinski definition) is 5. The number of methoxy groups -OCH3 is 2. The van der Waals surface area contributed by atoms with Gasteiger partial charge in [0.25, 0.3) is 5.95 Å². The third-order valence-electron chi connectivity index (χ3n) is 6.16. The molecule has 1 atom stereocenters. The first-order valence-corrected chi connectivity index (χ1v) is 10.9. The van der Waals surface area contributed by atoms with Crippen molar-refractivity contribution < 1.29 is 28.5 Å². The number of carboxylic acids is 1. The lowest BCUT2D eigenvalue weighted by atomic mass is 9.85. The zero-order valence-electron chi connectivity index (χ0n) is 18.5. The molecule has 33 heavy (non-hydrogen) atoms. The summed E-state index contributed by atoms with van der Waals surface area (Å²) in [6.07, 6.45) is 10.3. The number of aromatic nitrogens is 1. The highest BCUT2D eigenvalue weighted by Crippen LogP contribution is 2.33. The van der Waals surface area contributed by atoms with Crippen LogP contribution in [0.2, 0.25) is 0 Å². The Kier molecular flexibility index (Phi) is 5.46. The van der Waals surface area contributed by atoms with Gasteiger partial charge in [-0.15, -0.1) is 0 Å². The van der Waals surface area contributed by atoms with Crippen molar-refractivity contribution in [1.29, 1.82) is 0 Å². The molecule has 0 amide bonds. The summed E-state index contributed by atoms with van der Waals surface area (Å²) in [6.45, 7) is 0. The van der Waals surface area contributed by atoms with Crippen molar-refractivity contribution in [2.75, 3.05) is 14.2 Å². The molecule has 1 aromatic carbocycles. The third kappa shape index (κ3) is 3.91. The average Bonchev–Trinajstić information content (AvgIpc) is 3.46. The average molecular weight is 447 g/mol. The van der Waals surface area contributed by atoms with E-state index in [0.717, 1.165) is 41.9 Å². The number of nitrogens with one attached hydrogen (secondary N) is 1. The Hall–Kier alpha value is -3.87. The quantitative estimate of drug-likeness (QED) is 0.576. The van der Waals surface area contributed by atoms with Gasteiger partial charge >= 0.3 is 5.97 Å². The van der Waals surface area contributed by atoms with Crippen LogP contribution in [0.5, 0.6) is 17.4 Å². The van der Waals surface area contributed by atoms with Crippen LogP contribution >= 0.6 is 0 Å². The summed E-state index contributed by atoms with van der Waals surface area (Å²) in [5.41, 5.74) is 3.68. The highest BCUT2D eigenvalue weighted by Gasteiger charge is 2.25. The minimum absolute atomic E-state index is 0.146. The van der Waals surface area contributed by atoms with Crippen LogP contribution in [0.1, 0.15) is 46.0 Å². The van der Waals surface area contributed by atoms with Crippen molar-refractivity contribution in [1.82, 2.24) is 4.98 Å². The summed E-state index contributed by atoms with van der Waals surface area (Å²) < 4.78 is 22.1. The van der Waals surface area contributed by atoms with Gasteiger partial charge < -0.3 is 28.7 Å². The van der Waals surface area contributed by atoms with Crippen LogP contribution in [0, 0.1) is 0 Å². The van der Waals surface area contributed by atoms with Crippen LogP contribution in [0.15, 0.2) is 46.9 Å². The molecule has 0 spiro atoms. The van der Waals surface area contributed by atoms with E-state index < -0.39 is 5.97 Å². The summed E-state index contributed by atoms with van der Waals surface area (Å²) in [5.74, 6) is 1.05. The molecular weight excluding hydrogens is 422 g/mol. The molecule has 0 aliphatic heterocycles. The molecule has 2 aliphatic carbocycles. The Balaban J connectivity index is 1.54. The Morgan fingerprint density at radius 1 is 1.18 bits per heavy atom. The highest BCUT2D eigenvalue weighted by molar-refractivity contribution is 5.84. The SMILES string of the molecule is COc1ccc(CC2C=CC(Oc3ccc(C(=O)O)o3)=c3[nH]c4c(c32)CCCC=4)cc1OC. The molecule has 170 valence electrons. The molecule has 2 heterocycles. The fourth-order valence-electron chi connectivity index (χ4n) is 4.64. The topological polar surface area (TPSA) is 93.9 Å². The van der Waals surface area contributed by atoms with E-state index in [1.807, 2.05) is 18.2 Å². The maximum atomic E-state index is 11.1. The molecule has 2 N–H and O–H groups in total. The molecule has 2 aliphatic rings. The summed E-state index contributed by atoms with van der Waals surface area (Å²) in [4.78, 5) is 14.7. The van der Waals surface area contributed by atoms with Crippen LogP contribution in [0.25, 0.3) is 11.8 Å². The van der Waals surface area contributed by atoms with Gasteiger partial charge in [-0.05, 0) is 66.6 Å². The second kappa shape index (κ2) is 8.58. The fourth-order valence-corrected chi connectivity index (χ4v) is 4.64. The number of H-pyrrole nitrogens is 1. The Morgan fingerprint density at radius 3 is 2.79 bits per heavy atom. The largest absolute Gasteiger partial charge is 0.493 e. The predicted octanol–water partition coefficient (Wildman–Crippen LogP) is 3.52. The van der Waals surface area contributed by atoms with E-state index in [0.29, 0.717) is 17.3 Å². The number of rotatable bonds is 7. The normalized spacial score (nSPS) is 16.5. The van der Waals surface area contributed by atoms with Crippen LogP contribution in [-0.2, 0) is 12.8 Å². The van der Waals surface area contributed by atoms with Gasteiger partial charge in [0.15, 0.2) is 17.3 Å². The molecule has 1 unspecified atom stereocenters. The van der Waals surface area contributed by atoms with Crippen LogP contribution in [-0.4, -0.2) is 30.3 Å². The molecule has 7 heteroatoms. The van der Waals surface area contributed by atoms with E-state index in [-0.39, 0.29) is 17.6 Å². The zero-order valence-corrected chi connectivity index (χ0v) is 18.5. The van der Waals surface area contributed by atoms with Gasteiger partial charge in [-0.25, -0.2) is 4.79 Å². The monoisotopic (exact) mass is 447 g/mol. The van der Waals surface area contributed by atoms with Gasteiger partial charge in [0.1, 0.15) is 0 Å². The van der Waals surface area contributed by atoms with Crippen LogP contribution < -0.4 is 24.9 Å². The molecule has 5 rings (SSSR count). The second-order valence-corrected chi connectivity index (χ2v) is 8.15. The molecular formula is C26H25NO6. The summed E-state index contributed by atoms with van der Waals surface area (Å²) in [6, 6.07) is 8.92. The Bertz CT molecular complexity index is 1360. The fraction of sp³-hybridized carbons (Fsp3) is 0.269. The van der Waals surface area contributed by atoms with Gasteiger partial charge in [0.05, 0.1) is 19.6 Å². The van der Waals surface area contributed by atoms with Crippen molar-refractivity contribution >= 4 is 17.8 Å². The highest BCUT2D eigenvalue weighted by atomic mass is 16.6. The molecule has 7 nitrogen and oxygen atoms in total. The van der Waals surface area contributed by atoms with Crippen molar-refractivity contribution in [2.24, 2.45) is 0 Å². The van der Waals surface area contributed by atoms with Crippen molar-refractivity contribution in [3.8, 4) is 17.4 Å². The molecule has 2 aromatic heterocycles. The van der Waals surface area contributed by atoms with Crippen LogP contribution in [0.3, 0.4) is 0 Å². The second-order valence-electron chi connectivity index (χ2n) is 8.15. The first kappa shape index (κ1) is 21.0. The first-order chi connectivity index (χ1) is 16.1. The number of furan rings is 1. The molecule has 0 fully saturated rings. The number of hydrogen-bond donors (Lipinski definition) is 2. The number of ether oxygens (including phenoxy) is 3. The minimum Gasteiger partial charge on any atom is -0.493 e. The van der Waals surface area contributed by atoms with E-state index in [2.05, 4.69) is 23.2 Å². The predicted molar refractivity (Wildman–Crippen MR) is 122 cm³/mol. The molecule has 3 aromatic rings. The summed E-state index contributed by atoms with van der Waals surface area (Å²) in [7, 11) is 3.27. The minimum atomic E-state index is -1.13. The van der Waals surface area contributed by atoms with Gasteiger partial charge in [0, 0.05) is 17.3 Å².